The molecule has 3 nitrogen and oxygen atoms in total. The first-order chi connectivity index (χ1) is 12.6. The van der Waals surface area contributed by atoms with Gasteiger partial charge in [-0.1, -0.05) is 30.3 Å². The van der Waals surface area contributed by atoms with Crippen LogP contribution in [0.2, 0.25) is 0 Å². The summed E-state index contributed by atoms with van der Waals surface area (Å²) in [4.78, 5) is 17.2. The highest BCUT2D eigenvalue weighted by atomic mass is 32.2. The average Bonchev–Trinajstić information content (AvgIpc) is 3.18. The van der Waals surface area contributed by atoms with Gasteiger partial charge in [0, 0.05) is 49.4 Å². The van der Waals surface area contributed by atoms with Crippen molar-refractivity contribution in [2.45, 2.75) is 30.7 Å². The Balaban J connectivity index is 1.54. The van der Waals surface area contributed by atoms with Crippen molar-refractivity contribution in [3.8, 4) is 0 Å². The SMILES string of the molecule is CN(Cc1ccccc1N1CCCC1)C(=O)CCSc1ccccc1F. The summed E-state index contributed by atoms with van der Waals surface area (Å²) in [7, 11) is 1.84. The second-order valence-electron chi connectivity index (χ2n) is 6.60. The molecule has 2 aromatic carbocycles. The zero-order valence-electron chi connectivity index (χ0n) is 15.2. The molecule has 0 N–H and O–H groups in total. The number of rotatable bonds is 7. The van der Waals surface area contributed by atoms with Gasteiger partial charge >= 0.3 is 0 Å². The molecule has 0 bridgehead atoms. The average molecular weight is 373 g/mol. The molecule has 1 heterocycles. The van der Waals surface area contributed by atoms with Gasteiger partial charge in [-0.3, -0.25) is 4.79 Å². The van der Waals surface area contributed by atoms with Gasteiger partial charge in [0.2, 0.25) is 5.91 Å². The van der Waals surface area contributed by atoms with Crippen LogP contribution in [0.1, 0.15) is 24.8 Å². The van der Waals surface area contributed by atoms with Crippen LogP contribution in [0.5, 0.6) is 0 Å². The number of carbonyl (C=O) groups is 1. The molecule has 1 aliphatic heterocycles. The molecule has 0 spiro atoms. The van der Waals surface area contributed by atoms with Crippen molar-refractivity contribution in [1.29, 1.82) is 0 Å². The van der Waals surface area contributed by atoms with Gasteiger partial charge in [-0.15, -0.1) is 11.8 Å². The first-order valence-corrected chi connectivity index (χ1v) is 10.1. The number of para-hydroxylation sites is 1. The van der Waals surface area contributed by atoms with Gasteiger partial charge in [0.25, 0.3) is 0 Å². The van der Waals surface area contributed by atoms with Crippen LogP contribution in [0, 0.1) is 5.82 Å². The van der Waals surface area contributed by atoms with E-state index < -0.39 is 0 Å². The number of anilines is 1. The number of hydrogen-bond donors (Lipinski definition) is 0. The summed E-state index contributed by atoms with van der Waals surface area (Å²) in [5.41, 5.74) is 2.43. The zero-order valence-corrected chi connectivity index (χ0v) is 16.0. The van der Waals surface area contributed by atoms with Crippen LogP contribution in [-0.2, 0) is 11.3 Å². The van der Waals surface area contributed by atoms with Crippen molar-refractivity contribution >= 4 is 23.4 Å². The lowest BCUT2D eigenvalue weighted by Gasteiger charge is -2.24. The van der Waals surface area contributed by atoms with E-state index in [0.717, 1.165) is 13.1 Å². The number of thioether (sulfide) groups is 1. The maximum absolute atomic E-state index is 13.6. The molecule has 26 heavy (non-hydrogen) atoms. The first-order valence-electron chi connectivity index (χ1n) is 9.09. The van der Waals surface area contributed by atoms with Gasteiger partial charge < -0.3 is 9.80 Å². The molecular weight excluding hydrogens is 347 g/mol. The Morgan fingerprint density at radius 1 is 1.12 bits per heavy atom. The van der Waals surface area contributed by atoms with Crippen LogP contribution in [0.3, 0.4) is 0 Å². The van der Waals surface area contributed by atoms with Crippen LogP contribution in [0.15, 0.2) is 53.4 Å². The lowest BCUT2D eigenvalue weighted by Crippen LogP contribution is -2.28. The van der Waals surface area contributed by atoms with E-state index in [1.165, 1.54) is 41.9 Å². The van der Waals surface area contributed by atoms with E-state index in [-0.39, 0.29) is 11.7 Å². The first kappa shape index (κ1) is 18.8. The van der Waals surface area contributed by atoms with E-state index in [9.17, 15) is 9.18 Å². The molecule has 0 radical (unpaired) electrons. The molecule has 0 aromatic heterocycles. The van der Waals surface area contributed by atoms with E-state index in [0.29, 0.717) is 23.6 Å². The highest BCUT2D eigenvalue weighted by Gasteiger charge is 2.17. The highest BCUT2D eigenvalue weighted by molar-refractivity contribution is 7.99. The van der Waals surface area contributed by atoms with E-state index in [1.54, 1.807) is 17.0 Å². The Morgan fingerprint density at radius 2 is 1.81 bits per heavy atom. The van der Waals surface area contributed by atoms with Crippen LogP contribution < -0.4 is 4.90 Å². The molecule has 138 valence electrons. The second-order valence-corrected chi connectivity index (χ2v) is 7.74. The number of amides is 1. The number of hydrogen-bond acceptors (Lipinski definition) is 3. The quantitative estimate of drug-likeness (QED) is 0.666. The minimum absolute atomic E-state index is 0.0880. The zero-order chi connectivity index (χ0) is 18.4. The maximum atomic E-state index is 13.6. The summed E-state index contributed by atoms with van der Waals surface area (Å²) in [5, 5.41) is 0. The highest BCUT2D eigenvalue weighted by Crippen LogP contribution is 2.26. The predicted octanol–water partition coefficient (Wildman–Crippen LogP) is 4.57. The van der Waals surface area contributed by atoms with E-state index >= 15 is 0 Å². The van der Waals surface area contributed by atoms with Crippen LogP contribution in [-0.4, -0.2) is 36.7 Å². The monoisotopic (exact) mass is 372 g/mol. The number of halogens is 1. The van der Waals surface area contributed by atoms with Gasteiger partial charge in [0.1, 0.15) is 5.82 Å². The standard InChI is InChI=1S/C21H25FN2OS/c1-23(21(25)12-15-26-20-11-5-3-9-18(20)22)16-17-8-2-4-10-19(17)24-13-6-7-14-24/h2-5,8-11H,6-7,12-16H2,1H3. The smallest absolute Gasteiger partial charge is 0.223 e. The summed E-state index contributed by atoms with van der Waals surface area (Å²) >= 11 is 1.39. The summed E-state index contributed by atoms with van der Waals surface area (Å²) in [6, 6.07) is 15.0. The molecule has 5 heteroatoms. The van der Waals surface area contributed by atoms with Crippen LogP contribution in [0.25, 0.3) is 0 Å². The minimum atomic E-state index is -0.224. The molecule has 2 aromatic rings. The lowest BCUT2D eigenvalue weighted by atomic mass is 10.1. The van der Waals surface area contributed by atoms with Crippen molar-refractivity contribution in [1.82, 2.24) is 4.90 Å². The number of benzene rings is 2. The number of carbonyl (C=O) groups excluding carboxylic acids is 1. The van der Waals surface area contributed by atoms with Gasteiger partial charge in [-0.05, 0) is 36.6 Å². The predicted molar refractivity (Wildman–Crippen MR) is 106 cm³/mol. The normalized spacial score (nSPS) is 13.8. The van der Waals surface area contributed by atoms with E-state index in [1.807, 2.05) is 19.2 Å². The molecule has 3 rings (SSSR count). The van der Waals surface area contributed by atoms with Crippen LogP contribution in [0.4, 0.5) is 10.1 Å². The third-order valence-corrected chi connectivity index (χ3v) is 5.73. The van der Waals surface area contributed by atoms with Gasteiger partial charge in [0.15, 0.2) is 0 Å². The molecule has 1 fully saturated rings. The molecule has 1 amide bonds. The summed E-state index contributed by atoms with van der Waals surface area (Å²) in [6.45, 7) is 2.79. The van der Waals surface area contributed by atoms with Crippen molar-refractivity contribution < 1.29 is 9.18 Å². The summed E-state index contributed by atoms with van der Waals surface area (Å²) in [6.07, 6.45) is 2.87. The van der Waals surface area contributed by atoms with Crippen molar-refractivity contribution in [2.24, 2.45) is 0 Å². The number of nitrogens with zero attached hydrogens (tertiary/aromatic N) is 2. The molecule has 0 aliphatic carbocycles. The topological polar surface area (TPSA) is 23.6 Å². The van der Waals surface area contributed by atoms with Gasteiger partial charge in [-0.2, -0.15) is 0 Å². The third-order valence-electron chi connectivity index (χ3n) is 4.68. The molecular formula is C21H25FN2OS. The lowest BCUT2D eigenvalue weighted by molar-refractivity contribution is -0.129. The molecule has 0 unspecified atom stereocenters. The van der Waals surface area contributed by atoms with Crippen LogP contribution >= 0.6 is 11.8 Å². The maximum Gasteiger partial charge on any atom is 0.223 e. The van der Waals surface area contributed by atoms with E-state index in [4.69, 9.17) is 0 Å². The van der Waals surface area contributed by atoms with Crippen molar-refractivity contribution in [3.05, 3.63) is 59.9 Å². The summed E-state index contributed by atoms with van der Waals surface area (Å²) in [5.74, 6) is 0.445. The third kappa shape index (κ3) is 4.79. The molecule has 1 aliphatic rings. The fourth-order valence-electron chi connectivity index (χ4n) is 3.26. The Kier molecular flexibility index (Phi) is 6.56. The largest absolute Gasteiger partial charge is 0.371 e. The minimum Gasteiger partial charge on any atom is -0.371 e. The molecule has 0 atom stereocenters. The van der Waals surface area contributed by atoms with Gasteiger partial charge in [-0.25, -0.2) is 4.39 Å². The Labute approximate surface area is 159 Å². The Hall–Kier alpha value is -2.01. The van der Waals surface area contributed by atoms with Crippen molar-refractivity contribution in [2.75, 3.05) is 30.8 Å². The summed E-state index contributed by atoms with van der Waals surface area (Å²) < 4.78 is 13.6. The molecule has 0 saturated carbocycles. The van der Waals surface area contributed by atoms with E-state index in [2.05, 4.69) is 23.1 Å². The fraction of sp³-hybridized carbons (Fsp3) is 0.381. The second kappa shape index (κ2) is 9.08. The Bertz CT molecular complexity index is 746. The fourth-order valence-corrected chi connectivity index (χ4v) is 4.13. The van der Waals surface area contributed by atoms with Crippen molar-refractivity contribution in [3.63, 3.8) is 0 Å². The Morgan fingerprint density at radius 3 is 2.58 bits per heavy atom. The van der Waals surface area contributed by atoms with Gasteiger partial charge in [0.05, 0.1) is 0 Å². The molecule has 1 saturated heterocycles.